The lowest BCUT2D eigenvalue weighted by Crippen LogP contribution is -1.82. The third-order valence-corrected chi connectivity index (χ3v) is 3.42. The Hall–Kier alpha value is -1.24. The van der Waals surface area contributed by atoms with Gasteiger partial charge in [0.05, 0.1) is 5.88 Å². The number of nitriles is 1. The number of rotatable bonds is 1. The van der Waals surface area contributed by atoms with Crippen molar-refractivity contribution in [2.24, 2.45) is 0 Å². The average molecular weight is 223 g/mol. The highest BCUT2D eigenvalue weighted by Crippen LogP contribution is 2.33. The minimum absolute atomic E-state index is 0.368. The van der Waals surface area contributed by atoms with Gasteiger partial charge in [-0.1, -0.05) is 6.07 Å². The van der Waals surface area contributed by atoms with Crippen molar-refractivity contribution in [3.05, 3.63) is 28.6 Å². The predicted octanol–water partition coefficient (Wildman–Crippen LogP) is 3.09. The Balaban J connectivity index is 2.81. The van der Waals surface area contributed by atoms with Crippen LogP contribution in [0.1, 0.15) is 10.4 Å². The molecule has 0 saturated carbocycles. The fourth-order valence-corrected chi connectivity index (χ4v) is 2.81. The summed E-state index contributed by atoms with van der Waals surface area (Å²) < 4.78 is 1.03. The number of hydrogen-bond donors (Lipinski definition) is 1. The van der Waals surface area contributed by atoms with E-state index in [2.05, 4.69) is 6.07 Å². The SMILES string of the molecule is N#Cc1sc2cc(N)ccc2c1CCl. The number of anilines is 1. The highest BCUT2D eigenvalue weighted by Gasteiger charge is 2.10. The number of hydrogen-bond acceptors (Lipinski definition) is 3. The first-order valence-corrected chi connectivity index (χ1v) is 5.38. The standard InChI is InChI=1S/C10H7ClN2S/c11-4-8-7-2-1-6(13)3-9(7)14-10(8)5-12/h1-3H,4,13H2. The molecule has 1 aromatic carbocycles. The molecule has 2 aromatic rings. The van der Waals surface area contributed by atoms with Gasteiger partial charge in [0.25, 0.3) is 0 Å². The second-order valence-electron chi connectivity index (χ2n) is 2.91. The molecule has 0 spiro atoms. The molecule has 4 heteroatoms. The van der Waals surface area contributed by atoms with Gasteiger partial charge in [-0.15, -0.1) is 22.9 Å². The highest BCUT2D eigenvalue weighted by atomic mass is 35.5. The summed E-state index contributed by atoms with van der Waals surface area (Å²) in [5.41, 5.74) is 7.28. The molecule has 0 aliphatic carbocycles. The summed E-state index contributed by atoms with van der Waals surface area (Å²) in [4.78, 5) is 0.681. The van der Waals surface area contributed by atoms with E-state index in [-0.39, 0.29) is 0 Å². The first-order chi connectivity index (χ1) is 6.76. The quantitative estimate of drug-likeness (QED) is 0.596. The number of halogens is 1. The Kier molecular flexibility index (Phi) is 2.32. The summed E-state index contributed by atoms with van der Waals surface area (Å²) in [5.74, 6) is 0.368. The van der Waals surface area contributed by atoms with E-state index >= 15 is 0 Å². The average Bonchev–Trinajstić information content (AvgIpc) is 2.54. The number of thiophene rings is 1. The maximum absolute atomic E-state index is 8.89. The molecule has 1 aromatic heterocycles. The van der Waals surface area contributed by atoms with Crippen LogP contribution in [0.25, 0.3) is 10.1 Å². The summed E-state index contributed by atoms with van der Waals surface area (Å²) in [7, 11) is 0. The molecule has 0 aliphatic heterocycles. The molecule has 0 radical (unpaired) electrons. The number of nitrogen functional groups attached to an aromatic ring is 1. The molecular weight excluding hydrogens is 216 g/mol. The largest absolute Gasteiger partial charge is 0.399 e. The topological polar surface area (TPSA) is 49.8 Å². The molecule has 2 rings (SSSR count). The molecule has 0 aliphatic rings. The molecule has 0 amide bonds. The molecule has 0 bridgehead atoms. The summed E-state index contributed by atoms with van der Waals surface area (Å²) >= 11 is 7.23. The van der Waals surface area contributed by atoms with Crippen LogP contribution in [0.3, 0.4) is 0 Å². The van der Waals surface area contributed by atoms with Crippen molar-refractivity contribution in [2.75, 3.05) is 5.73 Å². The first-order valence-electron chi connectivity index (χ1n) is 4.03. The van der Waals surface area contributed by atoms with E-state index in [9.17, 15) is 0 Å². The Labute approximate surface area is 90.5 Å². The molecular formula is C10H7ClN2S. The fraction of sp³-hybridized carbons (Fsp3) is 0.100. The smallest absolute Gasteiger partial charge is 0.110 e. The van der Waals surface area contributed by atoms with E-state index in [4.69, 9.17) is 22.6 Å². The number of nitrogens with zero attached hydrogens (tertiary/aromatic N) is 1. The van der Waals surface area contributed by atoms with Gasteiger partial charge in [-0.25, -0.2) is 0 Å². The second kappa shape index (κ2) is 3.49. The maximum atomic E-state index is 8.89. The van der Waals surface area contributed by atoms with Gasteiger partial charge in [0.15, 0.2) is 0 Å². The highest BCUT2D eigenvalue weighted by molar-refractivity contribution is 7.19. The van der Waals surface area contributed by atoms with Crippen molar-refractivity contribution in [2.45, 2.75) is 5.88 Å². The fourth-order valence-electron chi connectivity index (χ4n) is 1.39. The van der Waals surface area contributed by atoms with E-state index in [1.165, 1.54) is 11.3 Å². The third kappa shape index (κ3) is 1.33. The normalized spacial score (nSPS) is 10.3. The van der Waals surface area contributed by atoms with Crippen molar-refractivity contribution in [1.29, 1.82) is 5.26 Å². The molecule has 14 heavy (non-hydrogen) atoms. The van der Waals surface area contributed by atoms with Crippen LogP contribution in [0.4, 0.5) is 5.69 Å². The lowest BCUT2D eigenvalue weighted by molar-refractivity contribution is 1.44. The molecule has 0 fully saturated rings. The zero-order valence-corrected chi connectivity index (χ0v) is 8.82. The van der Waals surface area contributed by atoms with E-state index < -0.39 is 0 Å². The molecule has 0 saturated heterocycles. The maximum Gasteiger partial charge on any atom is 0.110 e. The van der Waals surface area contributed by atoms with Crippen LogP contribution in [0.15, 0.2) is 18.2 Å². The van der Waals surface area contributed by atoms with Crippen LogP contribution >= 0.6 is 22.9 Å². The van der Waals surface area contributed by atoms with Crippen molar-refractivity contribution in [3.63, 3.8) is 0 Å². The zero-order chi connectivity index (χ0) is 10.1. The number of benzene rings is 1. The van der Waals surface area contributed by atoms with Crippen molar-refractivity contribution < 1.29 is 0 Å². The molecule has 0 atom stereocenters. The summed E-state index contributed by atoms with van der Waals surface area (Å²) in [5, 5.41) is 9.93. The Morgan fingerprint density at radius 2 is 2.29 bits per heavy atom. The predicted molar refractivity (Wildman–Crippen MR) is 60.5 cm³/mol. The van der Waals surface area contributed by atoms with Crippen molar-refractivity contribution in [1.82, 2.24) is 0 Å². The second-order valence-corrected chi connectivity index (χ2v) is 4.23. The Bertz CT molecular complexity index is 525. The monoisotopic (exact) mass is 222 g/mol. The molecule has 1 heterocycles. The van der Waals surface area contributed by atoms with Crippen LogP contribution < -0.4 is 5.73 Å². The van der Waals surface area contributed by atoms with Gasteiger partial charge >= 0.3 is 0 Å². The first kappa shape index (κ1) is 9.32. The Morgan fingerprint density at radius 3 is 2.93 bits per heavy atom. The molecule has 0 unspecified atom stereocenters. The number of alkyl halides is 1. The van der Waals surface area contributed by atoms with Gasteiger partial charge in [-0.3, -0.25) is 0 Å². The van der Waals surface area contributed by atoms with Crippen LogP contribution in [-0.2, 0) is 5.88 Å². The van der Waals surface area contributed by atoms with Crippen molar-refractivity contribution in [3.8, 4) is 6.07 Å². The van der Waals surface area contributed by atoms with E-state index in [1.807, 2.05) is 18.2 Å². The third-order valence-electron chi connectivity index (χ3n) is 2.05. The summed E-state index contributed by atoms with van der Waals surface area (Å²) in [6, 6.07) is 7.76. The van der Waals surface area contributed by atoms with Crippen LogP contribution in [0.5, 0.6) is 0 Å². The van der Waals surface area contributed by atoms with Gasteiger partial charge in [0, 0.05) is 16.0 Å². The summed E-state index contributed by atoms with van der Waals surface area (Å²) in [6.45, 7) is 0. The van der Waals surface area contributed by atoms with E-state index in [1.54, 1.807) is 0 Å². The lowest BCUT2D eigenvalue weighted by atomic mass is 10.1. The summed E-state index contributed by atoms with van der Waals surface area (Å²) in [6.07, 6.45) is 0. The molecule has 70 valence electrons. The van der Waals surface area contributed by atoms with Gasteiger partial charge in [-0.05, 0) is 17.5 Å². The van der Waals surface area contributed by atoms with Crippen LogP contribution in [0, 0.1) is 11.3 Å². The van der Waals surface area contributed by atoms with Gasteiger partial charge in [0.1, 0.15) is 10.9 Å². The molecule has 2 N–H and O–H groups in total. The zero-order valence-electron chi connectivity index (χ0n) is 7.25. The Morgan fingerprint density at radius 1 is 1.50 bits per heavy atom. The molecule has 2 nitrogen and oxygen atoms in total. The van der Waals surface area contributed by atoms with E-state index in [0.717, 1.165) is 15.6 Å². The van der Waals surface area contributed by atoms with E-state index in [0.29, 0.717) is 16.4 Å². The van der Waals surface area contributed by atoms with Gasteiger partial charge < -0.3 is 5.73 Å². The van der Waals surface area contributed by atoms with Crippen LogP contribution in [-0.4, -0.2) is 0 Å². The van der Waals surface area contributed by atoms with Gasteiger partial charge in [0.2, 0.25) is 0 Å². The van der Waals surface area contributed by atoms with Gasteiger partial charge in [-0.2, -0.15) is 5.26 Å². The van der Waals surface area contributed by atoms with Crippen molar-refractivity contribution >= 4 is 38.7 Å². The lowest BCUT2D eigenvalue weighted by Gasteiger charge is -1.94. The number of fused-ring (bicyclic) bond motifs is 1. The number of nitrogens with two attached hydrogens (primary N) is 1. The van der Waals surface area contributed by atoms with Crippen LogP contribution in [0.2, 0.25) is 0 Å². The minimum Gasteiger partial charge on any atom is -0.399 e. The minimum atomic E-state index is 0.368.